The standard InChI is InChI=1S/C13H19NO5/c1-13(17,8-15)7-14-12(16)9-5-4-6-10(18-2)11(9)19-3/h4-6,15,17H,7-8H2,1-3H3,(H,14,16). The van der Waals surface area contributed by atoms with E-state index in [9.17, 15) is 9.90 Å². The molecule has 0 aromatic heterocycles. The van der Waals surface area contributed by atoms with Gasteiger partial charge in [-0.2, -0.15) is 0 Å². The zero-order valence-corrected chi connectivity index (χ0v) is 11.3. The van der Waals surface area contributed by atoms with Crippen molar-refractivity contribution >= 4 is 5.91 Å². The molecule has 6 heteroatoms. The molecule has 1 aromatic carbocycles. The maximum atomic E-state index is 12.0. The molecule has 0 radical (unpaired) electrons. The van der Waals surface area contributed by atoms with Gasteiger partial charge < -0.3 is 25.0 Å². The third-order valence-corrected chi connectivity index (χ3v) is 2.62. The summed E-state index contributed by atoms with van der Waals surface area (Å²) in [6.07, 6.45) is 0. The van der Waals surface area contributed by atoms with Crippen LogP contribution in [0.1, 0.15) is 17.3 Å². The first-order valence-corrected chi connectivity index (χ1v) is 5.77. The summed E-state index contributed by atoms with van der Waals surface area (Å²) in [7, 11) is 2.93. The molecule has 0 heterocycles. The summed E-state index contributed by atoms with van der Waals surface area (Å²) in [5, 5.41) is 21.1. The van der Waals surface area contributed by atoms with Gasteiger partial charge in [0.1, 0.15) is 5.60 Å². The number of para-hydroxylation sites is 1. The molecular weight excluding hydrogens is 250 g/mol. The highest BCUT2D eigenvalue weighted by Gasteiger charge is 2.22. The Morgan fingerprint density at radius 1 is 1.37 bits per heavy atom. The lowest BCUT2D eigenvalue weighted by Crippen LogP contribution is -2.43. The second-order valence-corrected chi connectivity index (χ2v) is 4.38. The second-order valence-electron chi connectivity index (χ2n) is 4.38. The minimum Gasteiger partial charge on any atom is -0.493 e. The Kier molecular flexibility index (Phi) is 5.14. The molecule has 1 unspecified atom stereocenters. The van der Waals surface area contributed by atoms with Gasteiger partial charge in [0.05, 0.1) is 26.4 Å². The van der Waals surface area contributed by atoms with Crippen LogP contribution in [0.4, 0.5) is 0 Å². The molecule has 1 aromatic rings. The molecule has 0 bridgehead atoms. The maximum absolute atomic E-state index is 12.0. The van der Waals surface area contributed by atoms with Gasteiger partial charge in [0.25, 0.3) is 5.91 Å². The molecule has 0 spiro atoms. The molecule has 0 fully saturated rings. The Hall–Kier alpha value is -1.79. The van der Waals surface area contributed by atoms with E-state index in [1.54, 1.807) is 18.2 Å². The van der Waals surface area contributed by atoms with Crippen LogP contribution in [0, 0.1) is 0 Å². The summed E-state index contributed by atoms with van der Waals surface area (Å²) in [5.41, 5.74) is -1.06. The van der Waals surface area contributed by atoms with E-state index in [4.69, 9.17) is 14.6 Å². The average molecular weight is 269 g/mol. The normalized spacial score (nSPS) is 13.5. The van der Waals surface area contributed by atoms with Gasteiger partial charge in [-0.1, -0.05) is 6.07 Å². The molecule has 1 amide bonds. The van der Waals surface area contributed by atoms with Gasteiger partial charge in [-0.3, -0.25) is 4.79 Å². The van der Waals surface area contributed by atoms with Crippen molar-refractivity contribution in [3.63, 3.8) is 0 Å². The summed E-state index contributed by atoms with van der Waals surface area (Å²) in [6, 6.07) is 4.93. The molecule has 0 aliphatic rings. The highest BCUT2D eigenvalue weighted by Crippen LogP contribution is 2.30. The number of benzene rings is 1. The van der Waals surface area contributed by atoms with Gasteiger partial charge in [0.15, 0.2) is 11.5 Å². The molecule has 0 saturated carbocycles. The number of aliphatic hydroxyl groups is 2. The molecule has 106 valence electrons. The summed E-state index contributed by atoms with van der Waals surface area (Å²) >= 11 is 0. The van der Waals surface area contributed by atoms with Crippen LogP contribution in [0.5, 0.6) is 11.5 Å². The van der Waals surface area contributed by atoms with Crippen molar-refractivity contribution in [1.29, 1.82) is 0 Å². The summed E-state index contributed by atoms with van der Waals surface area (Å²) in [5.74, 6) is 0.361. The van der Waals surface area contributed by atoms with E-state index in [1.807, 2.05) is 0 Å². The maximum Gasteiger partial charge on any atom is 0.255 e. The van der Waals surface area contributed by atoms with Crippen molar-refractivity contribution in [3.05, 3.63) is 23.8 Å². The fourth-order valence-electron chi connectivity index (χ4n) is 1.49. The number of hydrogen-bond acceptors (Lipinski definition) is 5. The summed E-state index contributed by atoms with van der Waals surface area (Å²) in [6.45, 7) is 0.918. The average Bonchev–Trinajstić information content (AvgIpc) is 2.43. The number of methoxy groups -OCH3 is 2. The largest absolute Gasteiger partial charge is 0.493 e. The lowest BCUT2D eigenvalue weighted by Gasteiger charge is -2.21. The molecule has 1 rings (SSSR count). The lowest BCUT2D eigenvalue weighted by molar-refractivity contribution is 0.00318. The first-order valence-electron chi connectivity index (χ1n) is 5.77. The van der Waals surface area contributed by atoms with E-state index in [-0.39, 0.29) is 6.54 Å². The number of carbonyl (C=O) groups is 1. The Morgan fingerprint density at radius 2 is 2.05 bits per heavy atom. The number of amides is 1. The SMILES string of the molecule is COc1cccc(C(=O)NCC(C)(O)CO)c1OC. The molecule has 0 aliphatic carbocycles. The van der Waals surface area contributed by atoms with E-state index in [2.05, 4.69) is 5.32 Å². The third kappa shape index (κ3) is 3.84. The van der Waals surface area contributed by atoms with Crippen LogP contribution in [-0.4, -0.2) is 49.1 Å². The summed E-state index contributed by atoms with van der Waals surface area (Å²) in [4.78, 5) is 12.0. The van der Waals surface area contributed by atoms with Crippen LogP contribution in [0.2, 0.25) is 0 Å². The topological polar surface area (TPSA) is 88.0 Å². The van der Waals surface area contributed by atoms with Gasteiger partial charge in [0, 0.05) is 6.54 Å². The van der Waals surface area contributed by atoms with Crippen molar-refractivity contribution in [2.75, 3.05) is 27.4 Å². The quantitative estimate of drug-likeness (QED) is 0.685. The first-order chi connectivity index (χ1) is 8.95. The zero-order valence-electron chi connectivity index (χ0n) is 11.3. The molecule has 0 saturated heterocycles. The van der Waals surface area contributed by atoms with Gasteiger partial charge >= 0.3 is 0 Å². The zero-order chi connectivity index (χ0) is 14.5. The molecular formula is C13H19NO5. The predicted octanol–water partition coefficient (Wildman–Crippen LogP) is 0.177. The summed E-state index contributed by atoms with van der Waals surface area (Å²) < 4.78 is 10.2. The first kappa shape index (κ1) is 15.3. The number of aliphatic hydroxyl groups excluding tert-OH is 1. The van der Waals surface area contributed by atoms with Crippen LogP contribution < -0.4 is 14.8 Å². The van der Waals surface area contributed by atoms with E-state index < -0.39 is 18.1 Å². The van der Waals surface area contributed by atoms with E-state index >= 15 is 0 Å². The van der Waals surface area contributed by atoms with Crippen LogP contribution >= 0.6 is 0 Å². The smallest absolute Gasteiger partial charge is 0.255 e. The Morgan fingerprint density at radius 3 is 2.58 bits per heavy atom. The molecule has 6 nitrogen and oxygen atoms in total. The number of carbonyl (C=O) groups excluding carboxylic acids is 1. The fraction of sp³-hybridized carbons (Fsp3) is 0.462. The van der Waals surface area contributed by atoms with Crippen LogP contribution in [0.25, 0.3) is 0 Å². The predicted molar refractivity (Wildman–Crippen MR) is 69.6 cm³/mol. The number of hydrogen-bond donors (Lipinski definition) is 3. The number of nitrogens with one attached hydrogen (secondary N) is 1. The lowest BCUT2D eigenvalue weighted by atomic mass is 10.1. The van der Waals surface area contributed by atoms with Gasteiger partial charge in [-0.15, -0.1) is 0 Å². The number of rotatable bonds is 6. The minimum atomic E-state index is -1.36. The second kappa shape index (κ2) is 6.40. The van der Waals surface area contributed by atoms with E-state index in [0.29, 0.717) is 17.1 Å². The number of ether oxygens (including phenoxy) is 2. The van der Waals surface area contributed by atoms with Crippen LogP contribution in [0.3, 0.4) is 0 Å². The van der Waals surface area contributed by atoms with Crippen molar-refractivity contribution in [3.8, 4) is 11.5 Å². The molecule has 1 atom stereocenters. The minimum absolute atomic E-state index is 0.0668. The molecule has 3 N–H and O–H groups in total. The monoisotopic (exact) mass is 269 g/mol. The fourth-order valence-corrected chi connectivity index (χ4v) is 1.49. The van der Waals surface area contributed by atoms with Crippen LogP contribution in [0.15, 0.2) is 18.2 Å². The Balaban J connectivity index is 2.88. The van der Waals surface area contributed by atoms with E-state index in [1.165, 1.54) is 21.1 Å². The van der Waals surface area contributed by atoms with Crippen molar-refractivity contribution in [2.24, 2.45) is 0 Å². The molecule has 19 heavy (non-hydrogen) atoms. The van der Waals surface area contributed by atoms with Gasteiger partial charge in [0.2, 0.25) is 0 Å². The molecule has 0 aliphatic heterocycles. The van der Waals surface area contributed by atoms with E-state index in [0.717, 1.165) is 0 Å². The van der Waals surface area contributed by atoms with Crippen molar-refractivity contribution in [1.82, 2.24) is 5.32 Å². The van der Waals surface area contributed by atoms with Crippen LogP contribution in [-0.2, 0) is 0 Å². The Bertz CT molecular complexity index is 445. The van der Waals surface area contributed by atoms with Gasteiger partial charge in [-0.25, -0.2) is 0 Å². The van der Waals surface area contributed by atoms with Crippen molar-refractivity contribution in [2.45, 2.75) is 12.5 Å². The highest BCUT2D eigenvalue weighted by atomic mass is 16.5. The highest BCUT2D eigenvalue weighted by molar-refractivity contribution is 5.97. The third-order valence-electron chi connectivity index (χ3n) is 2.62. The Labute approximate surface area is 112 Å². The van der Waals surface area contributed by atoms with Gasteiger partial charge in [-0.05, 0) is 19.1 Å². The van der Waals surface area contributed by atoms with Crippen molar-refractivity contribution < 1.29 is 24.5 Å².